The first-order chi connectivity index (χ1) is 20.8. The van der Waals surface area contributed by atoms with Crippen LogP contribution >= 0.6 is 11.6 Å². The number of carbonyl (C=O) groups is 1. The molecule has 43 heavy (non-hydrogen) atoms. The lowest BCUT2D eigenvalue weighted by Gasteiger charge is -2.38. The van der Waals surface area contributed by atoms with Gasteiger partial charge in [-0.05, 0) is 67.9 Å². The molecule has 11 heteroatoms. The summed E-state index contributed by atoms with van der Waals surface area (Å²) in [5, 5.41) is 15.1. The molecule has 4 heterocycles. The summed E-state index contributed by atoms with van der Waals surface area (Å²) >= 11 is 6.68. The van der Waals surface area contributed by atoms with Gasteiger partial charge in [-0.25, -0.2) is 14.2 Å². The highest BCUT2D eigenvalue weighted by atomic mass is 35.5. The second kappa shape index (κ2) is 12.0. The molecule has 1 atom stereocenters. The molecule has 2 saturated heterocycles. The number of nitrogens with zero attached hydrogens (tertiary/aromatic N) is 5. The summed E-state index contributed by atoms with van der Waals surface area (Å²) < 4.78 is 14.5. The number of nitro benzene ring substituents is 1. The lowest BCUT2D eigenvalue weighted by atomic mass is 9.74. The van der Waals surface area contributed by atoms with Crippen LogP contribution in [0.25, 0.3) is 0 Å². The summed E-state index contributed by atoms with van der Waals surface area (Å²) in [6.45, 7) is 6.32. The maximum absolute atomic E-state index is 14.5. The van der Waals surface area contributed by atoms with Gasteiger partial charge >= 0.3 is 6.03 Å². The number of hydrogen-bond acceptors (Lipinski definition) is 6. The summed E-state index contributed by atoms with van der Waals surface area (Å²) in [5.41, 5.74) is 2.89. The predicted octanol–water partition coefficient (Wildman–Crippen LogP) is 6.84. The number of halogens is 2. The Morgan fingerprint density at radius 3 is 2.70 bits per heavy atom. The average molecular weight is 607 g/mol. The van der Waals surface area contributed by atoms with E-state index in [1.165, 1.54) is 12.1 Å². The van der Waals surface area contributed by atoms with Crippen molar-refractivity contribution in [1.82, 2.24) is 9.88 Å². The van der Waals surface area contributed by atoms with Gasteiger partial charge in [-0.15, -0.1) is 0 Å². The van der Waals surface area contributed by atoms with Gasteiger partial charge in [0.15, 0.2) is 5.82 Å². The molecule has 0 aliphatic carbocycles. The van der Waals surface area contributed by atoms with Crippen LogP contribution in [0.1, 0.15) is 50.2 Å². The number of carbonyl (C=O) groups excluding carboxylic acids is 1. The molecule has 1 unspecified atom stereocenters. The van der Waals surface area contributed by atoms with E-state index in [4.69, 9.17) is 11.6 Å². The molecule has 2 aromatic carbocycles. The molecule has 3 aliphatic rings. The minimum atomic E-state index is -0.583. The quantitative estimate of drug-likeness (QED) is 0.223. The van der Waals surface area contributed by atoms with Gasteiger partial charge in [0.05, 0.1) is 16.7 Å². The van der Waals surface area contributed by atoms with E-state index in [0.29, 0.717) is 49.4 Å². The van der Waals surface area contributed by atoms with E-state index in [9.17, 15) is 19.3 Å². The number of piperidine rings is 1. The fourth-order valence-electron chi connectivity index (χ4n) is 6.97. The molecule has 2 amide bonds. The number of hydrogen-bond donors (Lipinski definition) is 1. The van der Waals surface area contributed by atoms with E-state index in [-0.39, 0.29) is 17.1 Å². The fourth-order valence-corrected chi connectivity index (χ4v) is 7.30. The highest BCUT2D eigenvalue weighted by Gasteiger charge is 2.42. The fraction of sp³-hybridized carbons (Fsp3) is 0.438. The second-order valence-corrected chi connectivity index (χ2v) is 12.1. The summed E-state index contributed by atoms with van der Waals surface area (Å²) in [5.74, 6) is 0.694. The Kier molecular flexibility index (Phi) is 8.13. The van der Waals surface area contributed by atoms with Gasteiger partial charge in [0.1, 0.15) is 5.82 Å². The number of urea groups is 1. The third-order valence-corrected chi connectivity index (χ3v) is 9.78. The van der Waals surface area contributed by atoms with E-state index >= 15 is 0 Å². The molecule has 226 valence electrons. The first kappa shape index (κ1) is 29.2. The third-order valence-electron chi connectivity index (χ3n) is 9.47. The van der Waals surface area contributed by atoms with Gasteiger partial charge < -0.3 is 15.1 Å². The largest absolute Gasteiger partial charge is 0.369 e. The van der Waals surface area contributed by atoms with Crippen LogP contribution in [-0.4, -0.2) is 60.1 Å². The van der Waals surface area contributed by atoms with Crippen molar-refractivity contribution < 1.29 is 14.1 Å². The molecule has 2 fully saturated rings. The van der Waals surface area contributed by atoms with Crippen molar-refractivity contribution in [2.45, 2.75) is 44.4 Å². The van der Waals surface area contributed by atoms with Gasteiger partial charge in [0.25, 0.3) is 5.69 Å². The molecule has 3 aromatic rings. The molecule has 3 aliphatic heterocycles. The van der Waals surface area contributed by atoms with Crippen LogP contribution in [0.4, 0.5) is 32.1 Å². The highest BCUT2D eigenvalue weighted by Crippen LogP contribution is 2.47. The molecular formula is C32H36ClFN6O3. The van der Waals surface area contributed by atoms with Crippen LogP contribution in [0.5, 0.6) is 0 Å². The van der Waals surface area contributed by atoms with Crippen molar-refractivity contribution in [1.29, 1.82) is 0 Å². The first-order valence-electron chi connectivity index (χ1n) is 15.1. The normalized spacial score (nSPS) is 20.7. The van der Waals surface area contributed by atoms with Crippen LogP contribution < -0.4 is 15.1 Å². The SMILES string of the molecule is CCC1(c2cccc(N3CCCN(CCC4CCN(c5ccc([N+](=O)[O-])cc5F)CC4)C3=O)c2)CNc2nccc(Cl)c21. The highest BCUT2D eigenvalue weighted by molar-refractivity contribution is 6.32. The number of amides is 2. The van der Waals surface area contributed by atoms with Crippen molar-refractivity contribution in [3.05, 3.63) is 86.8 Å². The van der Waals surface area contributed by atoms with Crippen LogP contribution in [0, 0.1) is 21.8 Å². The van der Waals surface area contributed by atoms with Crippen LogP contribution in [0.15, 0.2) is 54.7 Å². The lowest BCUT2D eigenvalue weighted by molar-refractivity contribution is -0.385. The molecule has 0 saturated carbocycles. The Bertz CT molecular complexity index is 1530. The number of anilines is 3. The zero-order valence-electron chi connectivity index (χ0n) is 24.3. The summed E-state index contributed by atoms with van der Waals surface area (Å²) in [6, 6.07) is 14.0. The average Bonchev–Trinajstić information content (AvgIpc) is 3.42. The molecule has 9 nitrogen and oxygen atoms in total. The number of benzene rings is 2. The van der Waals surface area contributed by atoms with Crippen LogP contribution in [-0.2, 0) is 5.41 Å². The number of nitro groups is 1. The van der Waals surface area contributed by atoms with Crippen molar-refractivity contribution in [2.75, 3.05) is 54.4 Å². The van der Waals surface area contributed by atoms with E-state index < -0.39 is 10.7 Å². The van der Waals surface area contributed by atoms with Gasteiger partial charge in [0, 0.05) is 73.2 Å². The zero-order valence-corrected chi connectivity index (χ0v) is 25.0. The molecule has 1 aromatic heterocycles. The molecule has 0 spiro atoms. The molecule has 1 N–H and O–H groups in total. The smallest absolute Gasteiger partial charge is 0.324 e. The Balaban J connectivity index is 1.09. The van der Waals surface area contributed by atoms with E-state index in [2.05, 4.69) is 29.4 Å². The summed E-state index contributed by atoms with van der Waals surface area (Å²) in [7, 11) is 0. The Morgan fingerprint density at radius 1 is 1.14 bits per heavy atom. The standard InChI is InChI=1S/C32H36ClFN6O3/c1-2-32(21-36-30-29(32)26(33)9-13-35-30)23-5-3-6-24(19-23)39-15-4-14-38(31(39)41)18-12-22-10-16-37(17-11-22)28-8-7-25(40(42)43)20-27(28)34/h3,5-9,13,19-20,22H,2,4,10-12,14-18,21H2,1H3,(H,35,36). The minimum absolute atomic E-state index is 0.0315. The van der Waals surface area contributed by atoms with Gasteiger partial charge in [0.2, 0.25) is 0 Å². The Hall–Kier alpha value is -3.92. The topological polar surface area (TPSA) is 94.9 Å². The zero-order chi connectivity index (χ0) is 30.1. The van der Waals surface area contributed by atoms with E-state index in [1.54, 1.807) is 6.20 Å². The summed E-state index contributed by atoms with van der Waals surface area (Å²) in [6.07, 6.45) is 6.12. The lowest BCUT2D eigenvalue weighted by Crippen LogP contribution is -2.50. The van der Waals surface area contributed by atoms with Crippen molar-refractivity contribution in [3.63, 3.8) is 0 Å². The number of rotatable bonds is 8. The number of aromatic nitrogens is 1. The number of pyridine rings is 1. The number of nitrogens with one attached hydrogen (secondary N) is 1. The van der Waals surface area contributed by atoms with Gasteiger partial charge in [-0.1, -0.05) is 30.7 Å². The first-order valence-corrected chi connectivity index (χ1v) is 15.4. The van der Waals surface area contributed by atoms with Gasteiger partial charge in [-0.2, -0.15) is 0 Å². The maximum Gasteiger partial charge on any atom is 0.324 e. The van der Waals surface area contributed by atoms with E-state index in [0.717, 1.165) is 67.3 Å². The second-order valence-electron chi connectivity index (χ2n) is 11.7. The molecule has 6 rings (SSSR count). The minimum Gasteiger partial charge on any atom is -0.369 e. The van der Waals surface area contributed by atoms with Crippen LogP contribution in [0.2, 0.25) is 5.02 Å². The molecule has 0 radical (unpaired) electrons. The Labute approximate surface area is 255 Å². The molecular weight excluding hydrogens is 571 g/mol. The molecule has 0 bridgehead atoms. The third kappa shape index (κ3) is 5.48. The predicted molar refractivity (Wildman–Crippen MR) is 167 cm³/mol. The number of fused-ring (bicyclic) bond motifs is 1. The monoisotopic (exact) mass is 606 g/mol. The van der Waals surface area contributed by atoms with Crippen molar-refractivity contribution in [3.8, 4) is 0 Å². The van der Waals surface area contributed by atoms with Crippen molar-refractivity contribution in [2.24, 2.45) is 5.92 Å². The summed E-state index contributed by atoms with van der Waals surface area (Å²) in [4.78, 5) is 34.4. The van der Waals surface area contributed by atoms with Gasteiger partial charge in [-0.3, -0.25) is 15.0 Å². The number of non-ortho nitro benzene ring substituents is 1. The van der Waals surface area contributed by atoms with E-state index in [1.807, 2.05) is 32.9 Å². The maximum atomic E-state index is 14.5. The van der Waals surface area contributed by atoms with Crippen LogP contribution in [0.3, 0.4) is 0 Å². The van der Waals surface area contributed by atoms with Crippen molar-refractivity contribution >= 4 is 40.5 Å². The Morgan fingerprint density at radius 2 is 1.95 bits per heavy atom.